The first-order valence-electron chi connectivity index (χ1n) is 2.98. The molecule has 0 saturated carbocycles. The molecule has 1 aliphatic heterocycles. The summed E-state index contributed by atoms with van der Waals surface area (Å²) >= 11 is 0. The molecule has 1 fully saturated rings. The lowest BCUT2D eigenvalue weighted by atomic mass is 10.1. The maximum atomic E-state index is 10.8. The fourth-order valence-electron chi connectivity index (χ4n) is 0.817. The van der Waals surface area contributed by atoms with Crippen LogP contribution < -0.4 is 0 Å². The second-order valence-electron chi connectivity index (χ2n) is 2.02. The van der Waals surface area contributed by atoms with Gasteiger partial charge in [-0.2, -0.15) is 0 Å². The molecule has 0 spiro atoms. The van der Waals surface area contributed by atoms with E-state index in [4.69, 9.17) is 9.47 Å². The van der Waals surface area contributed by atoms with Crippen molar-refractivity contribution in [3.05, 3.63) is 0 Å². The van der Waals surface area contributed by atoms with Gasteiger partial charge in [0.25, 0.3) is 0 Å². The lowest BCUT2D eigenvalue weighted by Crippen LogP contribution is -2.33. The summed E-state index contributed by atoms with van der Waals surface area (Å²) < 4.78 is 9.83. The highest BCUT2D eigenvalue weighted by Crippen LogP contribution is 2.03. The lowest BCUT2D eigenvalue weighted by Gasteiger charge is -2.18. The average molecular weight is 130 g/mol. The molecular formula is C6H10O3. The zero-order valence-corrected chi connectivity index (χ0v) is 5.42. The van der Waals surface area contributed by atoms with Crippen molar-refractivity contribution in [2.24, 2.45) is 0 Å². The summed E-state index contributed by atoms with van der Waals surface area (Å²) in [6.45, 7) is 0.980. The number of carbonyl (C=O) groups is 1. The summed E-state index contributed by atoms with van der Waals surface area (Å²) in [5.74, 6) is 0.156. The average Bonchev–Trinajstić information content (AvgIpc) is 1.89. The number of ether oxygens (including phenoxy) is 2. The Bertz CT molecular complexity index is 111. The predicted molar refractivity (Wildman–Crippen MR) is 31.2 cm³/mol. The molecule has 0 aliphatic carbocycles. The van der Waals surface area contributed by atoms with Gasteiger partial charge in [0.15, 0.2) is 5.78 Å². The minimum absolute atomic E-state index is 0.156. The van der Waals surface area contributed by atoms with Crippen LogP contribution in [0.5, 0.6) is 0 Å². The maximum absolute atomic E-state index is 10.8. The van der Waals surface area contributed by atoms with Crippen LogP contribution in [0.2, 0.25) is 0 Å². The van der Waals surface area contributed by atoms with E-state index in [0.29, 0.717) is 19.6 Å². The fourth-order valence-corrected chi connectivity index (χ4v) is 0.817. The Balaban J connectivity index is 2.39. The van der Waals surface area contributed by atoms with Gasteiger partial charge in [-0.05, 0) is 0 Å². The molecule has 1 atom stereocenters. The highest BCUT2D eigenvalue weighted by molar-refractivity contribution is 5.83. The number of carbonyl (C=O) groups excluding carboxylic acids is 1. The van der Waals surface area contributed by atoms with Crippen LogP contribution in [-0.2, 0) is 14.3 Å². The Kier molecular flexibility index (Phi) is 2.19. The summed E-state index contributed by atoms with van der Waals surface area (Å²) in [7, 11) is 1.53. The van der Waals surface area contributed by atoms with E-state index in [1.54, 1.807) is 0 Å². The van der Waals surface area contributed by atoms with Gasteiger partial charge in [-0.3, -0.25) is 4.79 Å². The molecule has 9 heavy (non-hydrogen) atoms. The number of hydrogen-bond donors (Lipinski definition) is 0. The largest absolute Gasteiger partial charge is 0.378 e. The third kappa shape index (κ3) is 1.50. The van der Waals surface area contributed by atoms with Gasteiger partial charge in [0.2, 0.25) is 0 Å². The van der Waals surface area contributed by atoms with E-state index in [9.17, 15) is 4.79 Å². The van der Waals surface area contributed by atoms with Gasteiger partial charge in [-0.15, -0.1) is 0 Å². The minimum Gasteiger partial charge on any atom is -0.378 e. The van der Waals surface area contributed by atoms with Crippen molar-refractivity contribution in [2.45, 2.75) is 12.5 Å². The van der Waals surface area contributed by atoms with E-state index in [1.807, 2.05) is 0 Å². The van der Waals surface area contributed by atoms with Gasteiger partial charge in [-0.25, -0.2) is 0 Å². The Labute approximate surface area is 53.9 Å². The summed E-state index contributed by atoms with van der Waals surface area (Å²) in [4.78, 5) is 10.8. The monoisotopic (exact) mass is 130 g/mol. The lowest BCUT2D eigenvalue weighted by molar-refractivity contribution is -0.139. The van der Waals surface area contributed by atoms with Crippen LogP contribution >= 0.6 is 0 Å². The van der Waals surface area contributed by atoms with Crippen molar-refractivity contribution >= 4 is 5.78 Å². The van der Waals surface area contributed by atoms with Crippen LogP contribution in [0.3, 0.4) is 0 Å². The van der Waals surface area contributed by atoms with E-state index >= 15 is 0 Å². The Morgan fingerprint density at radius 3 is 3.00 bits per heavy atom. The summed E-state index contributed by atoms with van der Waals surface area (Å²) in [6, 6.07) is 0. The zero-order chi connectivity index (χ0) is 6.69. The first kappa shape index (κ1) is 6.71. The highest BCUT2D eigenvalue weighted by atomic mass is 16.5. The molecule has 0 bridgehead atoms. The molecule has 3 nitrogen and oxygen atoms in total. The van der Waals surface area contributed by atoms with Crippen molar-refractivity contribution in [3.8, 4) is 0 Å². The van der Waals surface area contributed by atoms with Crippen LogP contribution in [0, 0.1) is 0 Å². The molecular weight excluding hydrogens is 120 g/mol. The number of hydrogen-bond acceptors (Lipinski definition) is 3. The van der Waals surface area contributed by atoms with E-state index in [-0.39, 0.29) is 11.9 Å². The summed E-state index contributed by atoms with van der Waals surface area (Å²) in [5.41, 5.74) is 0. The Morgan fingerprint density at radius 1 is 1.78 bits per heavy atom. The Morgan fingerprint density at radius 2 is 2.56 bits per heavy atom. The third-order valence-corrected chi connectivity index (χ3v) is 1.41. The number of methoxy groups -OCH3 is 1. The number of rotatable bonds is 1. The standard InChI is InChI=1S/C6H10O3/c1-8-6-4-9-3-2-5(6)7/h6H,2-4H2,1H3. The molecule has 52 valence electrons. The maximum Gasteiger partial charge on any atom is 0.166 e. The number of Topliss-reactive ketones (excluding diaryl/α,β-unsaturated/α-hetero) is 1. The van der Waals surface area contributed by atoms with Crippen molar-refractivity contribution in [3.63, 3.8) is 0 Å². The highest BCUT2D eigenvalue weighted by Gasteiger charge is 2.21. The van der Waals surface area contributed by atoms with Gasteiger partial charge in [0.05, 0.1) is 13.2 Å². The molecule has 1 rings (SSSR count). The first-order chi connectivity index (χ1) is 4.34. The van der Waals surface area contributed by atoms with Crippen LogP contribution in [-0.4, -0.2) is 32.2 Å². The van der Waals surface area contributed by atoms with Gasteiger partial charge in [0.1, 0.15) is 6.10 Å². The second kappa shape index (κ2) is 2.94. The first-order valence-corrected chi connectivity index (χ1v) is 2.98. The summed E-state index contributed by atoms with van der Waals surface area (Å²) in [6.07, 6.45) is 0.192. The van der Waals surface area contributed by atoms with E-state index in [1.165, 1.54) is 7.11 Å². The van der Waals surface area contributed by atoms with Crippen LogP contribution in [0.25, 0.3) is 0 Å². The second-order valence-corrected chi connectivity index (χ2v) is 2.02. The quantitative estimate of drug-likeness (QED) is 0.501. The molecule has 0 N–H and O–H groups in total. The number of ketones is 1. The SMILES string of the molecule is COC1COCCC1=O. The predicted octanol–water partition coefficient (Wildman–Crippen LogP) is -0.00920. The third-order valence-electron chi connectivity index (χ3n) is 1.41. The zero-order valence-electron chi connectivity index (χ0n) is 5.42. The van der Waals surface area contributed by atoms with Crippen LogP contribution in [0.15, 0.2) is 0 Å². The van der Waals surface area contributed by atoms with Gasteiger partial charge in [0, 0.05) is 13.5 Å². The molecule has 1 aliphatic rings. The van der Waals surface area contributed by atoms with E-state index in [2.05, 4.69) is 0 Å². The molecule has 0 aromatic heterocycles. The Hall–Kier alpha value is -0.410. The molecule has 3 heteroatoms. The minimum atomic E-state index is -0.307. The van der Waals surface area contributed by atoms with E-state index < -0.39 is 0 Å². The van der Waals surface area contributed by atoms with Crippen molar-refractivity contribution < 1.29 is 14.3 Å². The molecule has 1 heterocycles. The molecule has 1 unspecified atom stereocenters. The fraction of sp³-hybridized carbons (Fsp3) is 0.833. The molecule has 1 saturated heterocycles. The van der Waals surface area contributed by atoms with Crippen molar-refractivity contribution in [1.29, 1.82) is 0 Å². The molecule has 0 amide bonds. The normalized spacial score (nSPS) is 28.6. The molecule has 0 radical (unpaired) electrons. The van der Waals surface area contributed by atoms with Crippen molar-refractivity contribution in [2.75, 3.05) is 20.3 Å². The smallest absolute Gasteiger partial charge is 0.166 e. The van der Waals surface area contributed by atoms with E-state index in [0.717, 1.165) is 0 Å². The van der Waals surface area contributed by atoms with Crippen molar-refractivity contribution in [1.82, 2.24) is 0 Å². The topological polar surface area (TPSA) is 35.5 Å². The van der Waals surface area contributed by atoms with Gasteiger partial charge in [-0.1, -0.05) is 0 Å². The van der Waals surface area contributed by atoms with Crippen LogP contribution in [0.1, 0.15) is 6.42 Å². The van der Waals surface area contributed by atoms with Gasteiger partial charge >= 0.3 is 0 Å². The molecule has 0 aromatic carbocycles. The van der Waals surface area contributed by atoms with Crippen LogP contribution in [0.4, 0.5) is 0 Å². The van der Waals surface area contributed by atoms with Gasteiger partial charge < -0.3 is 9.47 Å². The molecule has 0 aromatic rings. The summed E-state index contributed by atoms with van der Waals surface area (Å²) in [5, 5.41) is 0.